The van der Waals surface area contributed by atoms with Crippen LogP contribution >= 0.6 is 0 Å². The van der Waals surface area contributed by atoms with Crippen molar-refractivity contribution in [2.45, 2.75) is 6.04 Å². The summed E-state index contributed by atoms with van der Waals surface area (Å²) in [5.74, 6) is -1.36. The van der Waals surface area contributed by atoms with Crippen molar-refractivity contribution in [1.29, 1.82) is 5.41 Å². The van der Waals surface area contributed by atoms with Gasteiger partial charge in [-0.3, -0.25) is 15.5 Å². The van der Waals surface area contributed by atoms with Crippen LogP contribution in [0.5, 0.6) is 0 Å². The molecule has 0 saturated carbocycles. The number of nitrogens with zero attached hydrogens (tertiary/aromatic N) is 1. The van der Waals surface area contributed by atoms with E-state index in [1.165, 1.54) is 12.2 Å². The minimum Gasteiger partial charge on any atom is -0.478 e. The summed E-state index contributed by atoms with van der Waals surface area (Å²) >= 11 is 0. The molecule has 0 radical (unpaired) electrons. The highest BCUT2D eigenvalue weighted by Gasteiger charge is 2.34. The van der Waals surface area contributed by atoms with Crippen molar-refractivity contribution >= 4 is 11.7 Å². The van der Waals surface area contributed by atoms with Crippen LogP contribution in [-0.2, 0) is 4.79 Å². The minimum absolute atomic E-state index is 0.315. The molecule has 0 heterocycles. The first-order chi connectivity index (χ1) is 6.04. The van der Waals surface area contributed by atoms with Crippen LogP contribution in [0.1, 0.15) is 0 Å². The molecule has 1 atom stereocenters. The molecule has 13 heavy (non-hydrogen) atoms. The van der Waals surface area contributed by atoms with E-state index in [4.69, 9.17) is 10.5 Å². The van der Waals surface area contributed by atoms with Crippen molar-refractivity contribution in [3.8, 4) is 0 Å². The molecule has 1 unspecified atom stereocenters. The number of carboxylic acids is 1. The number of aliphatic carboxylic acids is 1. The molecule has 0 aromatic carbocycles. The summed E-state index contributed by atoms with van der Waals surface area (Å²) in [6.07, 6.45) is 3.65. The molecule has 0 aromatic rings. The van der Waals surface area contributed by atoms with Gasteiger partial charge in [0.25, 0.3) is 6.04 Å². The minimum atomic E-state index is -1.54. The van der Waals surface area contributed by atoms with E-state index in [0.717, 1.165) is 6.08 Å². The van der Waals surface area contributed by atoms with E-state index in [0.29, 0.717) is 0 Å². The van der Waals surface area contributed by atoms with Crippen molar-refractivity contribution < 1.29 is 14.8 Å². The van der Waals surface area contributed by atoms with Crippen LogP contribution in [0.4, 0.5) is 0 Å². The smallest absolute Gasteiger partial charge is 0.339 e. The molecule has 0 amide bonds. The van der Waals surface area contributed by atoms with Gasteiger partial charge >= 0.3 is 5.97 Å². The van der Waals surface area contributed by atoms with Gasteiger partial charge in [0.05, 0.1) is 0 Å². The lowest BCUT2D eigenvalue weighted by molar-refractivity contribution is -0.492. The Bertz CT molecular complexity index is 342. The Morgan fingerprint density at radius 1 is 1.69 bits per heavy atom. The Labute approximate surface area is 72.8 Å². The lowest BCUT2D eigenvalue weighted by Crippen LogP contribution is -2.34. The molecule has 0 aliphatic heterocycles. The predicted molar refractivity (Wildman–Crippen MR) is 43.4 cm³/mol. The standard InChI is InChI=1S/C7H6N2O4/c8-5-3-1-2-4(7(10)11)6(5)9(12)13/h1-3,6,8H,(H,10,11). The van der Waals surface area contributed by atoms with E-state index in [-0.39, 0.29) is 11.3 Å². The van der Waals surface area contributed by atoms with E-state index in [2.05, 4.69) is 0 Å². The Hall–Kier alpha value is -1.98. The Balaban J connectivity index is 3.10. The third-order valence-corrected chi connectivity index (χ3v) is 1.60. The van der Waals surface area contributed by atoms with Gasteiger partial charge in [-0.1, -0.05) is 6.08 Å². The fraction of sp³-hybridized carbons (Fsp3) is 0.143. The maximum Gasteiger partial charge on any atom is 0.339 e. The normalized spacial score (nSPS) is 21.1. The van der Waals surface area contributed by atoms with Gasteiger partial charge in [0.1, 0.15) is 11.3 Å². The Kier molecular flexibility index (Phi) is 2.23. The molecule has 0 aromatic heterocycles. The second-order valence-electron chi connectivity index (χ2n) is 2.43. The Morgan fingerprint density at radius 2 is 2.31 bits per heavy atom. The fourth-order valence-corrected chi connectivity index (χ4v) is 1.02. The van der Waals surface area contributed by atoms with Gasteiger partial charge in [-0.25, -0.2) is 4.79 Å². The highest BCUT2D eigenvalue weighted by molar-refractivity contribution is 6.06. The van der Waals surface area contributed by atoms with Crippen LogP contribution in [0.2, 0.25) is 0 Å². The summed E-state index contributed by atoms with van der Waals surface area (Å²) in [7, 11) is 0. The summed E-state index contributed by atoms with van der Waals surface area (Å²) in [6, 6.07) is -1.54. The van der Waals surface area contributed by atoms with Crippen LogP contribution in [-0.4, -0.2) is 27.8 Å². The van der Waals surface area contributed by atoms with Gasteiger partial charge in [0, 0.05) is 4.92 Å². The molecule has 1 aliphatic carbocycles. The van der Waals surface area contributed by atoms with Gasteiger partial charge in [-0.05, 0) is 12.2 Å². The molecule has 68 valence electrons. The van der Waals surface area contributed by atoms with Crippen molar-refractivity contribution in [1.82, 2.24) is 0 Å². The molecule has 6 heteroatoms. The molecule has 1 aliphatic rings. The second-order valence-corrected chi connectivity index (χ2v) is 2.43. The van der Waals surface area contributed by atoms with Crippen LogP contribution in [0.25, 0.3) is 0 Å². The van der Waals surface area contributed by atoms with Crippen LogP contribution < -0.4 is 0 Å². The molecule has 0 bridgehead atoms. The fourth-order valence-electron chi connectivity index (χ4n) is 1.02. The average Bonchev–Trinajstić information content (AvgIpc) is 2.02. The van der Waals surface area contributed by atoms with E-state index in [1.54, 1.807) is 0 Å². The molecular weight excluding hydrogens is 176 g/mol. The van der Waals surface area contributed by atoms with Gasteiger partial charge in [0.2, 0.25) is 0 Å². The van der Waals surface area contributed by atoms with Crippen molar-refractivity contribution in [2.75, 3.05) is 0 Å². The van der Waals surface area contributed by atoms with E-state index >= 15 is 0 Å². The average molecular weight is 182 g/mol. The second kappa shape index (κ2) is 3.18. The number of carbonyl (C=O) groups is 1. The SMILES string of the molecule is N=C1C=CC=C(C(=O)O)C1[N+](=O)[O-]. The summed E-state index contributed by atoms with van der Waals surface area (Å²) in [5.41, 5.74) is -0.692. The highest BCUT2D eigenvalue weighted by Crippen LogP contribution is 2.13. The third kappa shape index (κ3) is 1.61. The van der Waals surface area contributed by atoms with Crippen molar-refractivity contribution in [2.24, 2.45) is 0 Å². The van der Waals surface area contributed by atoms with E-state index in [9.17, 15) is 14.9 Å². The number of allylic oxidation sites excluding steroid dienone is 2. The van der Waals surface area contributed by atoms with Crippen LogP contribution in [0, 0.1) is 15.5 Å². The largest absolute Gasteiger partial charge is 0.478 e. The van der Waals surface area contributed by atoms with E-state index < -0.39 is 16.9 Å². The zero-order chi connectivity index (χ0) is 10.0. The number of rotatable bonds is 2. The third-order valence-electron chi connectivity index (χ3n) is 1.60. The first-order valence-electron chi connectivity index (χ1n) is 3.37. The van der Waals surface area contributed by atoms with E-state index in [1.807, 2.05) is 0 Å². The molecule has 6 nitrogen and oxygen atoms in total. The molecule has 0 saturated heterocycles. The first-order valence-corrected chi connectivity index (χ1v) is 3.37. The van der Waals surface area contributed by atoms with Gasteiger partial charge in [-0.2, -0.15) is 0 Å². The number of nitrogens with one attached hydrogen (secondary N) is 1. The number of carboxylic acid groups (broad SMARTS) is 1. The number of nitro groups is 1. The van der Waals surface area contributed by atoms with Gasteiger partial charge in [0.15, 0.2) is 0 Å². The molecule has 0 fully saturated rings. The Morgan fingerprint density at radius 3 is 2.69 bits per heavy atom. The quantitative estimate of drug-likeness (QED) is 0.471. The zero-order valence-corrected chi connectivity index (χ0v) is 6.43. The topological polar surface area (TPSA) is 104 Å². The summed E-state index contributed by atoms with van der Waals surface area (Å²) in [4.78, 5) is 20.1. The predicted octanol–water partition coefficient (Wildman–Crippen LogP) is 0.232. The summed E-state index contributed by atoms with van der Waals surface area (Å²) in [6.45, 7) is 0. The van der Waals surface area contributed by atoms with Crippen molar-refractivity contribution in [3.63, 3.8) is 0 Å². The molecule has 0 spiro atoms. The molecule has 1 rings (SSSR count). The zero-order valence-electron chi connectivity index (χ0n) is 6.43. The lowest BCUT2D eigenvalue weighted by Gasteiger charge is -2.11. The van der Waals surface area contributed by atoms with Gasteiger partial charge in [-0.15, -0.1) is 0 Å². The summed E-state index contributed by atoms with van der Waals surface area (Å²) < 4.78 is 0. The molecular formula is C7H6N2O4. The number of hydrogen-bond donors (Lipinski definition) is 2. The van der Waals surface area contributed by atoms with Gasteiger partial charge < -0.3 is 5.11 Å². The van der Waals surface area contributed by atoms with Crippen LogP contribution in [0.15, 0.2) is 23.8 Å². The first kappa shape index (κ1) is 9.11. The molecule has 2 N–H and O–H groups in total. The summed E-state index contributed by atoms with van der Waals surface area (Å²) in [5, 5.41) is 26.1. The number of hydrogen-bond acceptors (Lipinski definition) is 4. The highest BCUT2D eigenvalue weighted by atomic mass is 16.6. The maximum atomic E-state index is 10.5. The monoisotopic (exact) mass is 182 g/mol. The van der Waals surface area contributed by atoms with Crippen LogP contribution in [0.3, 0.4) is 0 Å². The lowest BCUT2D eigenvalue weighted by atomic mass is 9.98. The van der Waals surface area contributed by atoms with Crippen molar-refractivity contribution in [3.05, 3.63) is 33.9 Å². The maximum absolute atomic E-state index is 10.5.